The van der Waals surface area contributed by atoms with Gasteiger partial charge in [0, 0.05) is 5.69 Å². The van der Waals surface area contributed by atoms with E-state index in [1.807, 2.05) is 19.9 Å². The Hall–Kier alpha value is -3.55. The molecular weight excluding hydrogens is 352 g/mol. The van der Waals surface area contributed by atoms with Gasteiger partial charge < -0.3 is 19.5 Å². The maximum atomic E-state index is 12.0. The van der Waals surface area contributed by atoms with Crippen molar-refractivity contribution in [3.8, 4) is 11.5 Å². The number of rotatable bonds is 4. The maximum Gasteiger partial charge on any atom is 0.338 e. The van der Waals surface area contributed by atoms with Gasteiger partial charge in [-0.1, -0.05) is 12.1 Å². The molecule has 27 heavy (non-hydrogen) atoms. The lowest BCUT2D eigenvalue weighted by molar-refractivity contribution is -0.123. The number of anilines is 1. The zero-order chi connectivity index (χ0) is 19.4. The number of imide groups is 1. The lowest BCUT2D eigenvalue weighted by atomic mass is 10.1. The Morgan fingerprint density at radius 2 is 1.85 bits per heavy atom. The lowest BCUT2D eigenvalue weighted by Gasteiger charge is -2.11. The predicted octanol–water partition coefficient (Wildman–Crippen LogP) is 2.54. The minimum Gasteiger partial charge on any atom is -0.454 e. The number of benzene rings is 2. The van der Waals surface area contributed by atoms with Crippen LogP contribution < -0.4 is 20.1 Å². The Morgan fingerprint density at radius 1 is 1.07 bits per heavy atom. The van der Waals surface area contributed by atoms with Crippen molar-refractivity contribution < 1.29 is 28.6 Å². The van der Waals surface area contributed by atoms with Crippen molar-refractivity contribution in [2.75, 3.05) is 18.7 Å². The number of hydrogen-bond acceptors (Lipinski definition) is 6. The molecule has 0 atom stereocenters. The van der Waals surface area contributed by atoms with Crippen LogP contribution in [-0.2, 0) is 9.53 Å². The van der Waals surface area contributed by atoms with E-state index < -0.39 is 24.5 Å². The molecule has 0 saturated carbocycles. The van der Waals surface area contributed by atoms with Crippen molar-refractivity contribution in [3.05, 3.63) is 53.1 Å². The van der Waals surface area contributed by atoms with E-state index in [1.165, 1.54) is 12.1 Å². The molecule has 0 spiro atoms. The van der Waals surface area contributed by atoms with Crippen LogP contribution in [0.2, 0.25) is 0 Å². The average molecular weight is 370 g/mol. The third-order valence-electron chi connectivity index (χ3n) is 4.05. The number of urea groups is 1. The zero-order valence-corrected chi connectivity index (χ0v) is 14.8. The van der Waals surface area contributed by atoms with E-state index >= 15 is 0 Å². The number of aryl methyl sites for hydroxylation is 1. The number of hydrogen-bond donors (Lipinski definition) is 2. The van der Waals surface area contributed by atoms with Crippen LogP contribution in [0.3, 0.4) is 0 Å². The molecule has 8 heteroatoms. The van der Waals surface area contributed by atoms with Gasteiger partial charge in [-0.3, -0.25) is 10.1 Å². The Morgan fingerprint density at radius 3 is 2.67 bits per heavy atom. The third kappa shape index (κ3) is 4.35. The highest BCUT2D eigenvalue weighted by molar-refractivity contribution is 6.02. The molecule has 1 aliphatic heterocycles. The first-order chi connectivity index (χ1) is 12.9. The fourth-order valence-electron chi connectivity index (χ4n) is 2.44. The number of nitrogens with one attached hydrogen (secondary N) is 2. The standard InChI is InChI=1S/C19H18N2O6/c1-11-4-3-5-14(12(11)2)20-19(24)21-17(22)9-25-18(23)13-6-7-15-16(8-13)27-10-26-15/h3-8H,9-10H2,1-2H3,(H2,20,21,22,24). The fraction of sp³-hybridized carbons (Fsp3) is 0.211. The van der Waals surface area contributed by atoms with Crippen molar-refractivity contribution in [1.29, 1.82) is 0 Å². The Kier molecular flexibility index (Phi) is 5.25. The van der Waals surface area contributed by atoms with Gasteiger partial charge in [-0.25, -0.2) is 9.59 Å². The number of carbonyl (C=O) groups excluding carboxylic acids is 3. The van der Waals surface area contributed by atoms with E-state index in [4.69, 9.17) is 14.2 Å². The summed E-state index contributed by atoms with van der Waals surface area (Å²) < 4.78 is 15.3. The fourth-order valence-corrected chi connectivity index (χ4v) is 2.44. The van der Waals surface area contributed by atoms with Gasteiger partial charge in [-0.2, -0.15) is 0 Å². The number of amides is 3. The molecule has 0 fully saturated rings. The third-order valence-corrected chi connectivity index (χ3v) is 4.05. The highest BCUT2D eigenvalue weighted by atomic mass is 16.7. The van der Waals surface area contributed by atoms with Crippen LogP contribution >= 0.6 is 0 Å². The van der Waals surface area contributed by atoms with Crippen LogP contribution in [-0.4, -0.2) is 31.3 Å². The Labute approximate surface area is 155 Å². The molecule has 1 heterocycles. The van der Waals surface area contributed by atoms with Gasteiger partial charge in [-0.05, 0) is 49.2 Å². The summed E-state index contributed by atoms with van der Waals surface area (Å²) in [6.45, 7) is 3.28. The van der Waals surface area contributed by atoms with Gasteiger partial charge in [-0.15, -0.1) is 0 Å². The number of ether oxygens (including phenoxy) is 3. The van der Waals surface area contributed by atoms with Crippen molar-refractivity contribution in [3.63, 3.8) is 0 Å². The zero-order valence-electron chi connectivity index (χ0n) is 14.8. The van der Waals surface area contributed by atoms with Gasteiger partial charge in [0.05, 0.1) is 5.56 Å². The average Bonchev–Trinajstić information content (AvgIpc) is 3.11. The van der Waals surface area contributed by atoms with Gasteiger partial charge in [0.25, 0.3) is 5.91 Å². The second-order valence-corrected chi connectivity index (χ2v) is 5.89. The summed E-state index contributed by atoms with van der Waals surface area (Å²) in [5.41, 5.74) is 2.72. The Balaban J connectivity index is 1.49. The van der Waals surface area contributed by atoms with E-state index in [0.717, 1.165) is 11.1 Å². The molecule has 2 aromatic rings. The minimum absolute atomic E-state index is 0.0891. The van der Waals surface area contributed by atoms with Crippen LogP contribution in [0.1, 0.15) is 21.5 Å². The highest BCUT2D eigenvalue weighted by Crippen LogP contribution is 2.32. The Bertz CT molecular complexity index is 909. The van der Waals surface area contributed by atoms with Crippen LogP contribution in [0.25, 0.3) is 0 Å². The SMILES string of the molecule is Cc1cccc(NC(=O)NC(=O)COC(=O)c2ccc3c(c2)OCO3)c1C. The van der Waals surface area contributed by atoms with E-state index in [9.17, 15) is 14.4 Å². The summed E-state index contributed by atoms with van der Waals surface area (Å²) in [6.07, 6.45) is 0. The second kappa shape index (κ2) is 7.77. The van der Waals surface area contributed by atoms with Crippen LogP contribution in [0, 0.1) is 13.8 Å². The van der Waals surface area contributed by atoms with Crippen LogP contribution in [0.5, 0.6) is 11.5 Å². The molecule has 2 N–H and O–H groups in total. The smallest absolute Gasteiger partial charge is 0.338 e. The molecule has 2 aromatic carbocycles. The molecule has 140 valence electrons. The summed E-state index contributed by atoms with van der Waals surface area (Å²) in [6, 6.07) is 9.29. The van der Waals surface area contributed by atoms with Gasteiger partial charge in [0.1, 0.15) is 0 Å². The molecule has 8 nitrogen and oxygen atoms in total. The monoisotopic (exact) mass is 370 g/mol. The minimum atomic E-state index is -0.744. The first-order valence-electron chi connectivity index (χ1n) is 8.18. The van der Waals surface area contributed by atoms with Gasteiger partial charge in [0.2, 0.25) is 6.79 Å². The quantitative estimate of drug-likeness (QED) is 0.802. The van der Waals surface area contributed by atoms with E-state index in [-0.39, 0.29) is 12.4 Å². The maximum absolute atomic E-state index is 12.0. The van der Waals surface area contributed by atoms with Crippen molar-refractivity contribution in [2.45, 2.75) is 13.8 Å². The molecule has 0 aromatic heterocycles. The summed E-state index contributed by atoms with van der Waals surface area (Å²) in [5.74, 6) is -0.487. The second-order valence-electron chi connectivity index (χ2n) is 5.89. The van der Waals surface area contributed by atoms with Gasteiger partial charge >= 0.3 is 12.0 Å². The molecule has 1 aliphatic rings. The van der Waals surface area contributed by atoms with Gasteiger partial charge in [0.15, 0.2) is 18.1 Å². The number of esters is 1. The van der Waals surface area contributed by atoms with E-state index in [0.29, 0.717) is 17.2 Å². The highest BCUT2D eigenvalue weighted by Gasteiger charge is 2.18. The molecule has 3 amide bonds. The first kappa shape index (κ1) is 18.2. The number of fused-ring (bicyclic) bond motifs is 1. The normalized spacial score (nSPS) is 11.6. The predicted molar refractivity (Wildman–Crippen MR) is 95.9 cm³/mol. The topological polar surface area (TPSA) is 103 Å². The van der Waals surface area contributed by atoms with E-state index in [1.54, 1.807) is 18.2 Å². The molecule has 3 rings (SSSR count). The molecule has 0 bridgehead atoms. The van der Waals surface area contributed by atoms with Crippen molar-refractivity contribution >= 4 is 23.6 Å². The summed E-state index contributed by atoms with van der Waals surface area (Å²) in [4.78, 5) is 35.7. The summed E-state index contributed by atoms with van der Waals surface area (Å²) in [5, 5.41) is 4.70. The molecule has 0 aliphatic carbocycles. The molecular formula is C19H18N2O6. The summed E-state index contributed by atoms with van der Waals surface area (Å²) in [7, 11) is 0. The molecule has 0 unspecified atom stereocenters. The molecule has 0 radical (unpaired) electrons. The lowest BCUT2D eigenvalue weighted by Crippen LogP contribution is -2.37. The first-order valence-corrected chi connectivity index (χ1v) is 8.18. The van der Waals surface area contributed by atoms with E-state index in [2.05, 4.69) is 10.6 Å². The van der Waals surface area contributed by atoms with Crippen LogP contribution in [0.15, 0.2) is 36.4 Å². The largest absolute Gasteiger partial charge is 0.454 e. The van der Waals surface area contributed by atoms with Crippen LogP contribution in [0.4, 0.5) is 10.5 Å². The van der Waals surface area contributed by atoms with Crippen molar-refractivity contribution in [1.82, 2.24) is 5.32 Å². The molecule has 0 saturated heterocycles. The number of carbonyl (C=O) groups is 3. The summed E-state index contributed by atoms with van der Waals surface area (Å²) >= 11 is 0. The van der Waals surface area contributed by atoms with Crippen molar-refractivity contribution in [2.24, 2.45) is 0 Å².